The predicted molar refractivity (Wildman–Crippen MR) is 81.5 cm³/mol. The van der Waals surface area contributed by atoms with Gasteiger partial charge in [-0.2, -0.15) is 0 Å². The lowest BCUT2D eigenvalue weighted by Gasteiger charge is -2.08. The fraction of sp³-hybridized carbons (Fsp3) is 0.125. The number of benzene rings is 2. The zero-order valence-corrected chi connectivity index (χ0v) is 12.2. The summed E-state index contributed by atoms with van der Waals surface area (Å²) in [6.07, 6.45) is 1.85. The van der Waals surface area contributed by atoms with Crippen LogP contribution in [0.2, 0.25) is 0 Å². The minimum absolute atomic E-state index is 0.245. The molecular weight excluding hydrogens is 290 g/mol. The molecule has 21 heavy (non-hydrogen) atoms. The zero-order valence-electron chi connectivity index (χ0n) is 11.4. The second kappa shape index (κ2) is 5.87. The average molecular weight is 304 g/mol. The summed E-state index contributed by atoms with van der Waals surface area (Å²) in [6.45, 7) is 0.594. The Morgan fingerprint density at radius 2 is 1.81 bits per heavy atom. The third-order valence-electron chi connectivity index (χ3n) is 3.22. The van der Waals surface area contributed by atoms with Gasteiger partial charge in [0.15, 0.2) is 0 Å². The molecule has 0 fully saturated rings. The molecule has 0 saturated carbocycles. The summed E-state index contributed by atoms with van der Waals surface area (Å²) in [7, 11) is 1.83. The van der Waals surface area contributed by atoms with Crippen LogP contribution in [0.3, 0.4) is 0 Å². The Kier molecular flexibility index (Phi) is 3.94. The minimum Gasteiger partial charge on any atom is -0.360 e. The molecular formula is C16H14F2N2S. The molecule has 3 aromatic rings. The first kappa shape index (κ1) is 14.1. The Morgan fingerprint density at radius 3 is 2.62 bits per heavy atom. The highest BCUT2D eigenvalue weighted by Gasteiger charge is 2.10. The molecule has 0 bridgehead atoms. The number of aromatic amines is 1. The number of rotatable bonds is 4. The molecule has 0 atom stereocenters. The van der Waals surface area contributed by atoms with Gasteiger partial charge in [-0.15, -0.1) is 0 Å². The van der Waals surface area contributed by atoms with Crippen molar-refractivity contribution in [1.82, 2.24) is 10.3 Å². The monoisotopic (exact) mass is 304 g/mol. The van der Waals surface area contributed by atoms with E-state index in [2.05, 4.69) is 10.3 Å². The number of hydrogen-bond acceptors (Lipinski definition) is 2. The van der Waals surface area contributed by atoms with Crippen LogP contribution < -0.4 is 5.32 Å². The van der Waals surface area contributed by atoms with Gasteiger partial charge in [0, 0.05) is 33.4 Å². The van der Waals surface area contributed by atoms with Crippen LogP contribution in [0.25, 0.3) is 10.9 Å². The Morgan fingerprint density at radius 1 is 1.05 bits per heavy atom. The van der Waals surface area contributed by atoms with Gasteiger partial charge in [0.2, 0.25) is 0 Å². The Bertz CT molecular complexity index is 783. The first-order valence-corrected chi connectivity index (χ1v) is 7.36. The van der Waals surface area contributed by atoms with Gasteiger partial charge in [0.1, 0.15) is 11.6 Å². The Labute approximate surface area is 125 Å². The maximum Gasteiger partial charge on any atom is 0.125 e. The van der Waals surface area contributed by atoms with E-state index in [-0.39, 0.29) is 11.6 Å². The van der Waals surface area contributed by atoms with Gasteiger partial charge in [-0.25, -0.2) is 8.78 Å². The van der Waals surface area contributed by atoms with Gasteiger partial charge in [-0.05, 0) is 49.0 Å². The third-order valence-corrected chi connectivity index (χ3v) is 4.39. The van der Waals surface area contributed by atoms with E-state index in [1.54, 1.807) is 23.9 Å². The van der Waals surface area contributed by atoms with Crippen molar-refractivity contribution < 1.29 is 8.78 Å². The summed E-state index contributed by atoms with van der Waals surface area (Å²) in [5.41, 5.74) is 1.66. The van der Waals surface area contributed by atoms with Crippen LogP contribution in [0.4, 0.5) is 8.78 Å². The largest absolute Gasteiger partial charge is 0.360 e. The zero-order chi connectivity index (χ0) is 14.8. The normalized spacial score (nSPS) is 11.2. The van der Waals surface area contributed by atoms with Crippen molar-refractivity contribution in [3.8, 4) is 0 Å². The van der Waals surface area contributed by atoms with E-state index in [9.17, 15) is 8.78 Å². The molecule has 108 valence electrons. The highest BCUT2D eigenvalue weighted by molar-refractivity contribution is 7.99. The molecule has 0 radical (unpaired) electrons. The molecule has 0 aliphatic rings. The highest BCUT2D eigenvalue weighted by Crippen LogP contribution is 2.35. The summed E-state index contributed by atoms with van der Waals surface area (Å²) in [4.78, 5) is 5.04. The maximum absolute atomic E-state index is 13.4. The number of hydrogen-bond donors (Lipinski definition) is 2. The highest BCUT2D eigenvalue weighted by atomic mass is 32.2. The van der Waals surface area contributed by atoms with Crippen molar-refractivity contribution in [1.29, 1.82) is 0 Å². The van der Waals surface area contributed by atoms with Crippen LogP contribution in [0.5, 0.6) is 0 Å². The lowest BCUT2D eigenvalue weighted by molar-refractivity contribution is 0.621. The van der Waals surface area contributed by atoms with Crippen molar-refractivity contribution in [2.24, 2.45) is 0 Å². The van der Waals surface area contributed by atoms with Crippen molar-refractivity contribution >= 4 is 22.7 Å². The number of aromatic nitrogens is 1. The molecule has 5 heteroatoms. The van der Waals surface area contributed by atoms with Crippen LogP contribution in [0.15, 0.2) is 52.4 Å². The van der Waals surface area contributed by atoms with E-state index < -0.39 is 0 Å². The SMILES string of the molecule is CNCc1cc(F)ccc1Sc1c[nH]c2cc(F)ccc12. The van der Waals surface area contributed by atoms with Crippen LogP contribution in [-0.4, -0.2) is 12.0 Å². The van der Waals surface area contributed by atoms with Gasteiger partial charge in [0.25, 0.3) is 0 Å². The quantitative estimate of drug-likeness (QED) is 0.751. The van der Waals surface area contributed by atoms with Gasteiger partial charge < -0.3 is 10.3 Å². The molecule has 3 rings (SSSR count). The lowest BCUT2D eigenvalue weighted by atomic mass is 10.2. The molecule has 2 aromatic carbocycles. The van der Waals surface area contributed by atoms with E-state index in [0.29, 0.717) is 6.54 Å². The molecule has 1 aromatic heterocycles. The third kappa shape index (κ3) is 2.94. The molecule has 0 aliphatic heterocycles. The summed E-state index contributed by atoms with van der Waals surface area (Å²) < 4.78 is 26.6. The molecule has 0 unspecified atom stereocenters. The van der Waals surface area contributed by atoms with Crippen LogP contribution in [0, 0.1) is 11.6 Å². The summed E-state index contributed by atoms with van der Waals surface area (Å²) in [6, 6.07) is 9.43. The lowest BCUT2D eigenvalue weighted by Crippen LogP contribution is -2.06. The first-order valence-electron chi connectivity index (χ1n) is 6.55. The average Bonchev–Trinajstić information content (AvgIpc) is 2.84. The van der Waals surface area contributed by atoms with E-state index in [1.165, 1.54) is 24.3 Å². The number of halogens is 2. The second-order valence-corrected chi connectivity index (χ2v) is 5.81. The number of nitrogens with one attached hydrogen (secondary N) is 2. The van der Waals surface area contributed by atoms with E-state index >= 15 is 0 Å². The molecule has 2 N–H and O–H groups in total. The van der Waals surface area contributed by atoms with Crippen molar-refractivity contribution in [2.45, 2.75) is 16.3 Å². The Balaban J connectivity index is 1.98. The smallest absolute Gasteiger partial charge is 0.125 e. The first-order chi connectivity index (χ1) is 10.2. The van der Waals surface area contributed by atoms with E-state index in [4.69, 9.17) is 0 Å². The molecule has 0 saturated heterocycles. The second-order valence-electron chi connectivity index (χ2n) is 4.73. The van der Waals surface area contributed by atoms with E-state index in [0.717, 1.165) is 26.3 Å². The topological polar surface area (TPSA) is 27.8 Å². The minimum atomic E-state index is -0.265. The standard InChI is InChI=1S/C16H14F2N2S/c1-19-8-10-6-11(17)3-5-15(10)21-16-9-20-14-7-12(18)2-4-13(14)16/h2-7,9,19-20H,8H2,1H3. The van der Waals surface area contributed by atoms with Crippen LogP contribution >= 0.6 is 11.8 Å². The van der Waals surface area contributed by atoms with Crippen LogP contribution in [0.1, 0.15) is 5.56 Å². The molecule has 0 amide bonds. The molecule has 0 spiro atoms. The van der Waals surface area contributed by atoms with E-state index in [1.807, 2.05) is 13.2 Å². The molecule has 0 aliphatic carbocycles. The predicted octanol–water partition coefficient (Wildman–Crippen LogP) is 4.32. The number of fused-ring (bicyclic) bond motifs is 1. The summed E-state index contributed by atoms with van der Waals surface area (Å²) >= 11 is 1.54. The van der Waals surface area contributed by atoms with Crippen molar-refractivity contribution in [2.75, 3.05) is 7.05 Å². The summed E-state index contributed by atoms with van der Waals surface area (Å²) in [5.74, 6) is -0.510. The molecule has 1 heterocycles. The van der Waals surface area contributed by atoms with Crippen molar-refractivity contribution in [3.63, 3.8) is 0 Å². The van der Waals surface area contributed by atoms with Gasteiger partial charge in [0.05, 0.1) is 0 Å². The Hall–Kier alpha value is -1.85. The molecule has 2 nitrogen and oxygen atoms in total. The maximum atomic E-state index is 13.4. The van der Waals surface area contributed by atoms with Gasteiger partial charge in [-0.3, -0.25) is 0 Å². The fourth-order valence-corrected chi connectivity index (χ4v) is 3.29. The fourth-order valence-electron chi connectivity index (χ4n) is 2.25. The van der Waals surface area contributed by atoms with Gasteiger partial charge >= 0.3 is 0 Å². The summed E-state index contributed by atoms with van der Waals surface area (Å²) in [5, 5.41) is 4.00. The number of H-pyrrole nitrogens is 1. The van der Waals surface area contributed by atoms with Crippen LogP contribution in [-0.2, 0) is 6.54 Å². The van der Waals surface area contributed by atoms with Crippen molar-refractivity contribution in [3.05, 3.63) is 59.8 Å². The van der Waals surface area contributed by atoms with Gasteiger partial charge in [-0.1, -0.05) is 11.8 Å².